The SMILES string of the molecule is CONC(=O)C(C)NCc1ccc(COc2cccc(F)c2)cc1. The third-order valence-electron chi connectivity index (χ3n) is 3.43. The van der Waals surface area contributed by atoms with Crippen LogP contribution in [-0.4, -0.2) is 19.1 Å². The van der Waals surface area contributed by atoms with Crippen molar-refractivity contribution in [2.24, 2.45) is 0 Å². The first kappa shape index (κ1) is 17.9. The summed E-state index contributed by atoms with van der Waals surface area (Å²) in [4.78, 5) is 16.1. The molecule has 0 saturated heterocycles. The molecule has 1 amide bonds. The second kappa shape index (κ2) is 9.00. The van der Waals surface area contributed by atoms with Crippen LogP contribution in [-0.2, 0) is 22.8 Å². The fourth-order valence-electron chi connectivity index (χ4n) is 2.03. The molecule has 0 aliphatic heterocycles. The predicted molar refractivity (Wildman–Crippen MR) is 88.6 cm³/mol. The molecule has 2 aromatic rings. The Hall–Kier alpha value is -2.44. The lowest BCUT2D eigenvalue weighted by molar-refractivity contribution is -0.133. The van der Waals surface area contributed by atoms with E-state index in [0.717, 1.165) is 11.1 Å². The predicted octanol–water partition coefficient (Wildman–Crippen LogP) is 2.56. The zero-order valence-electron chi connectivity index (χ0n) is 13.7. The number of nitrogens with one attached hydrogen (secondary N) is 2. The summed E-state index contributed by atoms with van der Waals surface area (Å²) in [5, 5.41) is 3.10. The molecule has 24 heavy (non-hydrogen) atoms. The maximum absolute atomic E-state index is 13.1. The highest BCUT2D eigenvalue weighted by molar-refractivity contribution is 5.80. The van der Waals surface area contributed by atoms with Gasteiger partial charge in [-0.05, 0) is 30.2 Å². The van der Waals surface area contributed by atoms with Gasteiger partial charge in [0.05, 0.1) is 13.2 Å². The molecule has 0 saturated carbocycles. The van der Waals surface area contributed by atoms with Crippen LogP contribution in [0, 0.1) is 5.82 Å². The summed E-state index contributed by atoms with van der Waals surface area (Å²) >= 11 is 0. The van der Waals surface area contributed by atoms with Crippen molar-refractivity contribution < 1.29 is 18.8 Å². The minimum Gasteiger partial charge on any atom is -0.489 e. The van der Waals surface area contributed by atoms with Crippen molar-refractivity contribution in [2.45, 2.75) is 26.1 Å². The molecule has 2 N–H and O–H groups in total. The van der Waals surface area contributed by atoms with Crippen molar-refractivity contribution in [3.8, 4) is 5.75 Å². The Balaban J connectivity index is 1.81. The number of hydrogen-bond acceptors (Lipinski definition) is 4. The topological polar surface area (TPSA) is 59.6 Å². The summed E-state index contributed by atoms with van der Waals surface area (Å²) in [5.41, 5.74) is 4.31. The van der Waals surface area contributed by atoms with Gasteiger partial charge in [-0.1, -0.05) is 30.3 Å². The lowest BCUT2D eigenvalue weighted by atomic mass is 10.1. The van der Waals surface area contributed by atoms with Crippen molar-refractivity contribution in [1.29, 1.82) is 0 Å². The smallest absolute Gasteiger partial charge is 0.260 e. The number of benzene rings is 2. The fourth-order valence-corrected chi connectivity index (χ4v) is 2.03. The minimum absolute atomic E-state index is 0.224. The van der Waals surface area contributed by atoms with Crippen molar-refractivity contribution >= 4 is 5.91 Å². The fraction of sp³-hybridized carbons (Fsp3) is 0.278. The molecule has 2 rings (SSSR count). The molecule has 1 unspecified atom stereocenters. The second-order valence-corrected chi connectivity index (χ2v) is 5.34. The molecular formula is C18H21FN2O3. The van der Waals surface area contributed by atoms with Crippen molar-refractivity contribution in [2.75, 3.05) is 7.11 Å². The van der Waals surface area contributed by atoms with Crippen molar-refractivity contribution in [1.82, 2.24) is 10.8 Å². The van der Waals surface area contributed by atoms with E-state index < -0.39 is 0 Å². The normalized spacial score (nSPS) is 11.8. The van der Waals surface area contributed by atoms with Gasteiger partial charge in [0.25, 0.3) is 5.91 Å². The van der Waals surface area contributed by atoms with Crippen LogP contribution < -0.4 is 15.5 Å². The van der Waals surface area contributed by atoms with E-state index in [2.05, 4.69) is 15.6 Å². The first-order chi connectivity index (χ1) is 11.6. The van der Waals surface area contributed by atoms with Gasteiger partial charge in [-0.25, -0.2) is 9.87 Å². The Kier molecular flexibility index (Phi) is 6.72. The summed E-state index contributed by atoms with van der Waals surface area (Å²) in [6, 6.07) is 13.5. The number of rotatable bonds is 8. The molecule has 128 valence electrons. The third kappa shape index (κ3) is 5.64. The molecule has 0 aliphatic rings. The van der Waals surface area contributed by atoms with Crippen LogP contribution in [0.15, 0.2) is 48.5 Å². The molecule has 0 aromatic heterocycles. The van der Waals surface area contributed by atoms with E-state index in [9.17, 15) is 9.18 Å². The van der Waals surface area contributed by atoms with E-state index in [4.69, 9.17) is 4.74 Å². The average molecular weight is 332 g/mol. The molecule has 1 atom stereocenters. The second-order valence-electron chi connectivity index (χ2n) is 5.34. The quantitative estimate of drug-likeness (QED) is 0.730. The Morgan fingerprint density at radius 3 is 2.54 bits per heavy atom. The van der Waals surface area contributed by atoms with Gasteiger partial charge in [0, 0.05) is 12.6 Å². The van der Waals surface area contributed by atoms with E-state index in [-0.39, 0.29) is 17.8 Å². The van der Waals surface area contributed by atoms with Crippen LogP contribution in [0.3, 0.4) is 0 Å². The summed E-state index contributed by atoms with van der Waals surface area (Å²) in [6.07, 6.45) is 0. The van der Waals surface area contributed by atoms with Crippen LogP contribution in [0.4, 0.5) is 4.39 Å². The number of hydrogen-bond donors (Lipinski definition) is 2. The van der Waals surface area contributed by atoms with Gasteiger partial charge < -0.3 is 10.1 Å². The summed E-state index contributed by atoms with van der Waals surface area (Å²) in [5.74, 6) is -0.0445. The standard InChI is InChI=1S/C18H21FN2O3/c1-13(18(22)21-23-2)20-11-14-6-8-15(9-7-14)12-24-17-5-3-4-16(19)10-17/h3-10,13,20H,11-12H2,1-2H3,(H,21,22). The van der Waals surface area contributed by atoms with E-state index in [1.807, 2.05) is 24.3 Å². The van der Waals surface area contributed by atoms with Crippen LogP contribution in [0.2, 0.25) is 0 Å². The molecule has 0 bridgehead atoms. The first-order valence-corrected chi connectivity index (χ1v) is 7.61. The van der Waals surface area contributed by atoms with Crippen molar-refractivity contribution in [3.63, 3.8) is 0 Å². The van der Waals surface area contributed by atoms with Gasteiger partial charge in [-0.2, -0.15) is 0 Å². The highest BCUT2D eigenvalue weighted by Crippen LogP contribution is 2.14. The maximum atomic E-state index is 13.1. The average Bonchev–Trinajstić information content (AvgIpc) is 2.59. The van der Waals surface area contributed by atoms with Crippen molar-refractivity contribution in [3.05, 3.63) is 65.5 Å². The first-order valence-electron chi connectivity index (χ1n) is 7.61. The van der Waals surface area contributed by atoms with E-state index in [1.54, 1.807) is 19.1 Å². The molecule has 0 heterocycles. The summed E-state index contributed by atoms with van der Waals surface area (Å²) in [6.45, 7) is 2.68. The molecule has 5 nitrogen and oxygen atoms in total. The number of hydroxylamine groups is 1. The van der Waals surface area contributed by atoms with E-state index in [1.165, 1.54) is 19.2 Å². The van der Waals surface area contributed by atoms with E-state index in [0.29, 0.717) is 18.9 Å². The van der Waals surface area contributed by atoms with Crippen LogP contribution in [0.5, 0.6) is 5.75 Å². The van der Waals surface area contributed by atoms with Gasteiger partial charge in [0.2, 0.25) is 0 Å². The van der Waals surface area contributed by atoms with E-state index >= 15 is 0 Å². The molecule has 2 aromatic carbocycles. The Bertz CT molecular complexity index is 662. The maximum Gasteiger partial charge on any atom is 0.260 e. The largest absolute Gasteiger partial charge is 0.489 e. The lowest BCUT2D eigenvalue weighted by Crippen LogP contribution is -2.41. The number of halogens is 1. The lowest BCUT2D eigenvalue weighted by Gasteiger charge is -2.13. The Morgan fingerprint density at radius 2 is 1.88 bits per heavy atom. The van der Waals surface area contributed by atoms with Gasteiger partial charge in [0.15, 0.2) is 0 Å². The number of amides is 1. The summed E-state index contributed by atoms with van der Waals surface area (Å²) in [7, 11) is 1.40. The zero-order valence-corrected chi connectivity index (χ0v) is 13.7. The number of ether oxygens (including phenoxy) is 1. The van der Waals surface area contributed by atoms with Gasteiger partial charge in [-0.3, -0.25) is 9.63 Å². The van der Waals surface area contributed by atoms with Crippen LogP contribution in [0.25, 0.3) is 0 Å². The van der Waals surface area contributed by atoms with Gasteiger partial charge >= 0.3 is 0 Å². The molecule has 0 radical (unpaired) electrons. The highest BCUT2D eigenvalue weighted by Gasteiger charge is 2.11. The molecular weight excluding hydrogens is 311 g/mol. The number of carbonyl (C=O) groups excluding carboxylic acids is 1. The van der Waals surface area contributed by atoms with Gasteiger partial charge in [0.1, 0.15) is 18.2 Å². The monoisotopic (exact) mass is 332 g/mol. The molecule has 6 heteroatoms. The molecule has 0 aliphatic carbocycles. The summed E-state index contributed by atoms with van der Waals surface area (Å²) < 4.78 is 18.6. The third-order valence-corrected chi connectivity index (χ3v) is 3.43. The zero-order chi connectivity index (χ0) is 17.4. The van der Waals surface area contributed by atoms with Crippen LogP contribution in [0.1, 0.15) is 18.1 Å². The Morgan fingerprint density at radius 1 is 1.17 bits per heavy atom. The molecule has 0 fully saturated rings. The minimum atomic E-state index is -0.360. The number of carbonyl (C=O) groups is 1. The highest BCUT2D eigenvalue weighted by atomic mass is 19.1. The van der Waals surface area contributed by atoms with Crippen LogP contribution >= 0.6 is 0 Å². The Labute approximate surface area is 140 Å². The van der Waals surface area contributed by atoms with Gasteiger partial charge in [-0.15, -0.1) is 0 Å². The molecule has 0 spiro atoms.